The maximum atomic E-state index is 13.4. The summed E-state index contributed by atoms with van der Waals surface area (Å²) in [5.74, 6) is -1.18. The van der Waals surface area contributed by atoms with Crippen LogP contribution in [0.25, 0.3) is 0 Å². The van der Waals surface area contributed by atoms with Crippen molar-refractivity contribution in [3.8, 4) is 0 Å². The summed E-state index contributed by atoms with van der Waals surface area (Å²) in [6.07, 6.45) is 0. The van der Waals surface area contributed by atoms with Crippen LogP contribution in [-0.4, -0.2) is 0 Å². The van der Waals surface area contributed by atoms with E-state index in [0.29, 0.717) is 15.7 Å². The molecule has 1 nitrogen and oxygen atoms in total. The quantitative estimate of drug-likeness (QED) is 0.848. The van der Waals surface area contributed by atoms with Crippen molar-refractivity contribution in [3.63, 3.8) is 0 Å². The smallest absolute Gasteiger partial charge is 0.131 e. The van der Waals surface area contributed by atoms with Gasteiger partial charge in [-0.25, -0.2) is 8.78 Å². The molecule has 0 saturated heterocycles. The molecule has 0 aliphatic rings. The van der Waals surface area contributed by atoms with E-state index in [0.717, 1.165) is 0 Å². The minimum absolute atomic E-state index is 0.0137. The molecule has 0 aliphatic carbocycles. The number of rotatable bonds is 3. The predicted octanol–water partition coefficient (Wildman–Crippen LogP) is 4.88. The molecular formula is C13H9Cl2F2N. The van der Waals surface area contributed by atoms with Crippen LogP contribution >= 0.6 is 23.2 Å². The second-order valence-corrected chi connectivity index (χ2v) is 4.52. The molecule has 2 aromatic rings. The lowest BCUT2D eigenvalue weighted by Gasteiger charge is -2.10. The summed E-state index contributed by atoms with van der Waals surface area (Å²) in [6.45, 7) is 0.0137. The lowest BCUT2D eigenvalue weighted by atomic mass is 10.2. The van der Waals surface area contributed by atoms with Crippen LogP contribution in [-0.2, 0) is 6.54 Å². The summed E-state index contributed by atoms with van der Waals surface area (Å²) >= 11 is 11.7. The first-order valence-corrected chi connectivity index (χ1v) is 5.95. The molecule has 2 aromatic carbocycles. The van der Waals surface area contributed by atoms with Gasteiger partial charge in [-0.1, -0.05) is 29.3 Å². The first-order valence-electron chi connectivity index (χ1n) is 5.20. The third kappa shape index (κ3) is 2.92. The third-order valence-corrected chi connectivity index (χ3v) is 3.00. The standard InChI is InChI=1S/C13H9Cl2F2N/c14-8-4-5-13(10(15)6-8)18-7-9-11(16)2-1-3-12(9)17/h1-6,18H,7H2. The fraction of sp³-hybridized carbons (Fsp3) is 0.0769. The van der Waals surface area contributed by atoms with Crippen LogP contribution in [0.3, 0.4) is 0 Å². The Morgan fingerprint density at radius 2 is 1.67 bits per heavy atom. The highest BCUT2D eigenvalue weighted by molar-refractivity contribution is 6.36. The second kappa shape index (κ2) is 5.55. The fourth-order valence-corrected chi connectivity index (χ4v) is 1.99. The van der Waals surface area contributed by atoms with Crippen LogP contribution in [0.15, 0.2) is 36.4 Å². The third-order valence-electron chi connectivity index (χ3n) is 2.45. The van der Waals surface area contributed by atoms with Gasteiger partial charge in [0, 0.05) is 17.1 Å². The molecule has 0 atom stereocenters. The number of anilines is 1. The number of nitrogens with one attached hydrogen (secondary N) is 1. The van der Waals surface area contributed by atoms with Crippen LogP contribution in [0.1, 0.15) is 5.56 Å². The minimum atomic E-state index is -0.590. The summed E-state index contributed by atoms with van der Waals surface area (Å²) in [5.41, 5.74) is 0.548. The summed E-state index contributed by atoms with van der Waals surface area (Å²) in [5, 5.41) is 3.77. The number of hydrogen-bond donors (Lipinski definition) is 1. The molecule has 0 spiro atoms. The zero-order valence-electron chi connectivity index (χ0n) is 9.18. The van der Waals surface area contributed by atoms with E-state index in [4.69, 9.17) is 23.2 Å². The molecule has 0 heterocycles. The van der Waals surface area contributed by atoms with E-state index in [1.165, 1.54) is 18.2 Å². The van der Waals surface area contributed by atoms with E-state index in [-0.39, 0.29) is 12.1 Å². The Morgan fingerprint density at radius 3 is 2.28 bits per heavy atom. The van der Waals surface area contributed by atoms with E-state index >= 15 is 0 Å². The van der Waals surface area contributed by atoms with Crippen molar-refractivity contribution in [3.05, 3.63) is 63.6 Å². The number of halogens is 4. The molecule has 0 aliphatic heterocycles. The highest BCUT2D eigenvalue weighted by atomic mass is 35.5. The Labute approximate surface area is 113 Å². The molecule has 5 heteroatoms. The molecule has 18 heavy (non-hydrogen) atoms. The first kappa shape index (κ1) is 13.1. The van der Waals surface area contributed by atoms with Crippen LogP contribution in [0.5, 0.6) is 0 Å². The Hall–Kier alpha value is -1.32. The van der Waals surface area contributed by atoms with Gasteiger partial charge in [-0.05, 0) is 30.3 Å². The van der Waals surface area contributed by atoms with Gasteiger partial charge in [0.1, 0.15) is 11.6 Å². The van der Waals surface area contributed by atoms with Gasteiger partial charge in [0.25, 0.3) is 0 Å². The van der Waals surface area contributed by atoms with Crippen molar-refractivity contribution in [2.24, 2.45) is 0 Å². The lowest BCUT2D eigenvalue weighted by molar-refractivity contribution is 0.560. The van der Waals surface area contributed by atoms with Crippen LogP contribution in [0, 0.1) is 11.6 Å². The zero-order chi connectivity index (χ0) is 13.1. The summed E-state index contributed by atoms with van der Waals surface area (Å²) in [4.78, 5) is 0. The molecule has 1 N–H and O–H groups in total. The fourth-order valence-electron chi connectivity index (χ4n) is 1.52. The van der Waals surface area contributed by atoms with Gasteiger partial charge in [0.15, 0.2) is 0 Å². The van der Waals surface area contributed by atoms with Gasteiger partial charge >= 0.3 is 0 Å². The predicted molar refractivity (Wildman–Crippen MR) is 70.1 cm³/mol. The van der Waals surface area contributed by atoms with Crippen molar-refractivity contribution >= 4 is 28.9 Å². The van der Waals surface area contributed by atoms with Gasteiger partial charge in [0.2, 0.25) is 0 Å². The zero-order valence-corrected chi connectivity index (χ0v) is 10.7. The minimum Gasteiger partial charge on any atom is -0.380 e. The van der Waals surface area contributed by atoms with E-state index in [1.54, 1.807) is 18.2 Å². The van der Waals surface area contributed by atoms with Gasteiger partial charge in [-0.15, -0.1) is 0 Å². The Balaban J connectivity index is 2.16. The molecule has 94 valence electrons. The Morgan fingerprint density at radius 1 is 1.00 bits per heavy atom. The topological polar surface area (TPSA) is 12.0 Å². The molecule has 2 rings (SSSR count). The van der Waals surface area contributed by atoms with E-state index in [1.807, 2.05) is 0 Å². The van der Waals surface area contributed by atoms with Crippen LogP contribution in [0.4, 0.5) is 14.5 Å². The molecule has 0 saturated carbocycles. The van der Waals surface area contributed by atoms with Crippen molar-refractivity contribution in [2.75, 3.05) is 5.32 Å². The first-order chi connectivity index (χ1) is 8.58. The van der Waals surface area contributed by atoms with Gasteiger partial charge in [-0.3, -0.25) is 0 Å². The number of hydrogen-bond acceptors (Lipinski definition) is 1. The summed E-state index contributed by atoms with van der Waals surface area (Å²) in [6, 6.07) is 8.61. The second-order valence-electron chi connectivity index (χ2n) is 3.68. The molecule has 0 fully saturated rings. The lowest BCUT2D eigenvalue weighted by Crippen LogP contribution is -2.04. The average Bonchev–Trinajstić information content (AvgIpc) is 2.31. The summed E-state index contributed by atoms with van der Waals surface area (Å²) in [7, 11) is 0. The SMILES string of the molecule is Fc1cccc(F)c1CNc1ccc(Cl)cc1Cl. The van der Waals surface area contributed by atoms with Crippen LogP contribution < -0.4 is 5.32 Å². The molecule has 0 bridgehead atoms. The van der Waals surface area contributed by atoms with E-state index in [9.17, 15) is 8.78 Å². The molecule has 0 aromatic heterocycles. The van der Waals surface area contributed by atoms with Crippen molar-refractivity contribution in [2.45, 2.75) is 6.54 Å². The summed E-state index contributed by atoms with van der Waals surface area (Å²) < 4.78 is 26.8. The van der Waals surface area contributed by atoms with Crippen LogP contribution in [0.2, 0.25) is 10.0 Å². The monoisotopic (exact) mass is 287 g/mol. The molecule has 0 amide bonds. The highest BCUT2D eigenvalue weighted by Gasteiger charge is 2.08. The molecular weight excluding hydrogens is 279 g/mol. The van der Waals surface area contributed by atoms with Gasteiger partial charge in [-0.2, -0.15) is 0 Å². The van der Waals surface area contributed by atoms with Gasteiger partial charge < -0.3 is 5.32 Å². The van der Waals surface area contributed by atoms with Gasteiger partial charge in [0.05, 0.1) is 10.7 Å². The van der Waals surface area contributed by atoms with Crippen molar-refractivity contribution in [1.29, 1.82) is 0 Å². The largest absolute Gasteiger partial charge is 0.380 e. The van der Waals surface area contributed by atoms with Crippen molar-refractivity contribution in [1.82, 2.24) is 0 Å². The van der Waals surface area contributed by atoms with E-state index in [2.05, 4.69) is 5.32 Å². The highest BCUT2D eigenvalue weighted by Crippen LogP contribution is 2.26. The Kier molecular flexibility index (Phi) is 4.04. The molecule has 0 radical (unpaired) electrons. The van der Waals surface area contributed by atoms with E-state index < -0.39 is 11.6 Å². The number of benzene rings is 2. The average molecular weight is 288 g/mol. The normalized spacial score (nSPS) is 10.4. The molecule has 0 unspecified atom stereocenters. The van der Waals surface area contributed by atoms with Crippen molar-refractivity contribution < 1.29 is 8.78 Å². The maximum absolute atomic E-state index is 13.4. The Bertz CT molecular complexity index is 553. The maximum Gasteiger partial charge on any atom is 0.131 e.